The Hall–Kier alpha value is -2.58. The van der Waals surface area contributed by atoms with E-state index in [0.29, 0.717) is 21.7 Å². The van der Waals surface area contributed by atoms with Crippen molar-refractivity contribution in [3.8, 4) is 0 Å². The zero-order valence-electron chi connectivity index (χ0n) is 15.0. The number of carbonyl (C=O) groups is 1. The average molecular weight is 408 g/mol. The predicted octanol–water partition coefficient (Wildman–Crippen LogP) is 2.25. The summed E-state index contributed by atoms with van der Waals surface area (Å²) in [5.74, 6) is -1.38. The molecule has 0 fully saturated rings. The van der Waals surface area contributed by atoms with Crippen LogP contribution in [0.5, 0.6) is 0 Å². The minimum Gasteiger partial charge on any atom is -0.325 e. The number of halogens is 1. The third-order valence-corrected chi connectivity index (χ3v) is 6.25. The van der Waals surface area contributed by atoms with Gasteiger partial charge in [-0.05, 0) is 42.8 Å². The fourth-order valence-corrected chi connectivity index (χ4v) is 4.17. The first-order valence-corrected chi connectivity index (χ1v) is 10.1. The maximum absolute atomic E-state index is 12.7. The highest BCUT2D eigenvalue weighted by Gasteiger charge is 2.21. The van der Waals surface area contributed by atoms with Gasteiger partial charge in [0, 0.05) is 24.8 Å². The van der Waals surface area contributed by atoms with E-state index in [2.05, 4.69) is 5.32 Å². The zero-order valence-corrected chi connectivity index (χ0v) is 16.6. The largest absolute Gasteiger partial charge is 0.328 e. The van der Waals surface area contributed by atoms with Crippen LogP contribution in [-0.2, 0) is 28.7 Å². The second-order valence-corrected chi connectivity index (χ2v) is 8.74. The van der Waals surface area contributed by atoms with Crippen molar-refractivity contribution in [1.29, 1.82) is 0 Å². The van der Waals surface area contributed by atoms with E-state index in [1.165, 1.54) is 21.3 Å². The van der Waals surface area contributed by atoms with Crippen LogP contribution in [0.25, 0.3) is 11.0 Å². The first-order valence-electron chi connectivity index (χ1n) is 8.04. The smallest absolute Gasteiger partial charge is 0.325 e. The lowest BCUT2D eigenvalue weighted by Gasteiger charge is -2.10. The molecule has 0 spiro atoms. The summed E-state index contributed by atoms with van der Waals surface area (Å²) in [6.45, 7) is 1.78. The van der Waals surface area contributed by atoms with Crippen molar-refractivity contribution in [2.24, 2.45) is 14.1 Å². The number of carbonyl (C=O) groups excluding carboxylic acids is 1. The molecular formula is C18H18ClN3O4S. The van der Waals surface area contributed by atoms with Crippen LogP contribution in [0.4, 0.5) is 5.69 Å². The number of rotatable bonds is 4. The average Bonchev–Trinajstić information content (AvgIpc) is 2.82. The topological polar surface area (TPSA) is 90.2 Å². The molecule has 0 aliphatic carbocycles. The van der Waals surface area contributed by atoms with Crippen molar-refractivity contribution in [1.82, 2.24) is 9.13 Å². The van der Waals surface area contributed by atoms with Gasteiger partial charge in [0.1, 0.15) is 5.75 Å². The molecule has 0 aliphatic heterocycles. The number of hydrogen-bond acceptors (Lipinski definition) is 4. The van der Waals surface area contributed by atoms with Gasteiger partial charge in [-0.3, -0.25) is 13.9 Å². The molecule has 3 rings (SSSR count). The Morgan fingerprint density at radius 1 is 1.07 bits per heavy atom. The van der Waals surface area contributed by atoms with Gasteiger partial charge in [-0.15, -0.1) is 0 Å². The molecule has 2 aromatic carbocycles. The van der Waals surface area contributed by atoms with Crippen molar-refractivity contribution in [3.05, 3.63) is 57.5 Å². The lowest BCUT2D eigenvalue weighted by atomic mass is 10.2. The number of anilines is 1. The van der Waals surface area contributed by atoms with Crippen LogP contribution in [-0.4, -0.2) is 29.2 Å². The van der Waals surface area contributed by atoms with Gasteiger partial charge < -0.3 is 5.32 Å². The number of aryl methyl sites for hydroxylation is 3. The summed E-state index contributed by atoms with van der Waals surface area (Å²) in [5.41, 5.74) is 2.07. The molecule has 3 aromatic rings. The molecule has 142 valence electrons. The number of imidazole rings is 1. The Morgan fingerprint density at radius 2 is 1.74 bits per heavy atom. The maximum Gasteiger partial charge on any atom is 0.328 e. The van der Waals surface area contributed by atoms with Crippen LogP contribution in [0.15, 0.2) is 46.1 Å². The quantitative estimate of drug-likeness (QED) is 0.718. The Kier molecular flexibility index (Phi) is 4.88. The van der Waals surface area contributed by atoms with Crippen molar-refractivity contribution in [2.75, 3.05) is 11.1 Å². The number of nitrogens with zero attached hydrogens (tertiary/aromatic N) is 2. The highest BCUT2D eigenvalue weighted by atomic mass is 35.5. The third-order valence-electron chi connectivity index (χ3n) is 4.40. The number of amides is 1. The number of fused-ring (bicyclic) bond motifs is 1. The van der Waals surface area contributed by atoms with Gasteiger partial charge in [-0.1, -0.05) is 17.7 Å². The molecule has 1 heterocycles. The number of hydrogen-bond donors (Lipinski definition) is 1. The number of aromatic nitrogens is 2. The lowest BCUT2D eigenvalue weighted by Crippen LogP contribution is -2.23. The number of benzene rings is 2. The van der Waals surface area contributed by atoms with Crippen LogP contribution >= 0.6 is 11.6 Å². The van der Waals surface area contributed by atoms with E-state index in [1.54, 1.807) is 45.3 Å². The van der Waals surface area contributed by atoms with Gasteiger partial charge in [0.05, 0.1) is 15.9 Å². The normalized spacial score (nSPS) is 11.7. The summed E-state index contributed by atoms with van der Waals surface area (Å²) in [6, 6.07) is 9.34. The molecule has 0 atom stereocenters. The van der Waals surface area contributed by atoms with Crippen LogP contribution in [0.3, 0.4) is 0 Å². The van der Waals surface area contributed by atoms with Crippen LogP contribution < -0.4 is 11.0 Å². The van der Waals surface area contributed by atoms with Crippen LogP contribution in [0.1, 0.15) is 5.56 Å². The molecular weight excluding hydrogens is 390 g/mol. The SMILES string of the molecule is Cc1ccc(Cl)cc1NC(=O)CS(=O)(=O)c1ccc2c(c1)n(C)c(=O)n2C. The Bertz CT molecular complexity index is 1230. The van der Waals surface area contributed by atoms with Gasteiger partial charge >= 0.3 is 5.69 Å². The van der Waals surface area contributed by atoms with Crippen molar-refractivity contribution in [3.63, 3.8) is 0 Å². The van der Waals surface area contributed by atoms with E-state index in [0.717, 1.165) is 5.56 Å². The summed E-state index contributed by atoms with van der Waals surface area (Å²) in [7, 11) is -0.708. The molecule has 0 radical (unpaired) electrons. The Labute approximate surface area is 161 Å². The summed E-state index contributed by atoms with van der Waals surface area (Å²) >= 11 is 5.91. The first kappa shape index (κ1) is 19.2. The van der Waals surface area contributed by atoms with E-state index in [1.807, 2.05) is 0 Å². The molecule has 1 amide bonds. The zero-order chi connectivity index (χ0) is 19.9. The minimum absolute atomic E-state index is 0.0193. The molecule has 27 heavy (non-hydrogen) atoms. The van der Waals surface area contributed by atoms with Gasteiger partial charge in [0.15, 0.2) is 9.84 Å². The van der Waals surface area contributed by atoms with Crippen molar-refractivity contribution < 1.29 is 13.2 Å². The Balaban J connectivity index is 1.89. The van der Waals surface area contributed by atoms with Gasteiger partial charge in [0.2, 0.25) is 5.91 Å². The van der Waals surface area contributed by atoms with Crippen LogP contribution in [0, 0.1) is 6.92 Å². The van der Waals surface area contributed by atoms with Gasteiger partial charge in [-0.2, -0.15) is 0 Å². The fourth-order valence-electron chi connectivity index (χ4n) is 2.85. The van der Waals surface area contributed by atoms with E-state index in [9.17, 15) is 18.0 Å². The summed E-state index contributed by atoms with van der Waals surface area (Å²) in [4.78, 5) is 24.2. The molecule has 0 saturated carbocycles. The standard InChI is InChI=1S/C18H18ClN3O4S/c1-11-4-5-12(19)8-14(11)20-17(23)10-27(25,26)13-6-7-15-16(9-13)22(3)18(24)21(15)2/h4-9H,10H2,1-3H3,(H,20,23). The first-order chi connectivity index (χ1) is 12.6. The molecule has 0 aliphatic rings. The van der Waals surface area contributed by atoms with Crippen LogP contribution in [0.2, 0.25) is 5.02 Å². The van der Waals surface area contributed by atoms with E-state index < -0.39 is 21.5 Å². The summed E-state index contributed by atoms with van der Waals surface area (Å²) < 4.78 is 28.1. The number of nitrogens with one attached hydrogen (secondary N) is 1. The maximum atomic E-state index is 12.7. The fraction of sp³-hybridized carbons (Fsp3) is 0.222. The monoisotopic (exact) mass is 407 g/mol. The highest BCUT2D eigenvalue weighted by Crippen LogP contribution is 2.22. The predicted molar refractivity (Wildman–Crippen MR) is 105 cm³/mol. The van der Waals surface area contributed by atoms with Crippen molar-refractivity contribution in [2.45, 2.75) is 11.8 Å². The van der Waals surface area contributed by atoms with Gasteiger partial charge in [0.25, 0.3) is 0 Å². The van der Waals surface area contributed by atoms with E-state index >= 15 is 0 Å². The number of sulfone groups is 1. The molecule has 0 unspecified atom stereocenters. The van der Waals surface area contributed by atoms with E-state index in [4.69, 9.17) is 11.6 Å². The molecule has 0 saturated heterocycles. The molecule has 1 aromatic heterocycles. The molecule has 1 N–H and O–H groups in total. The second kappa shape index (κ2) is 6.86. The molecule has 9 heteroatoms. The molecule has 0 bridgehead atoms. The minimum atomic E-state index is -3.88. The second-order valence-electron chi connectivity index (χ2n) is 6.32. The van der Waals surface area contributed by atoms with Crippen molar-refractivity contribution >= 4 is 44.1 Å². The van der Waals surface area contributed by atoms with E-state index in [-0.39, 0.29) is 10.6 Å². The summed E-state index contributed by atoms with van der Waals surface area (Å²) in [5, 5.41) is 3.02. The highest BCUT2D eigenvalue weighted by molar-refractivity contribution is 7.92. The summed E-state index contributed by atoms with van der Waals surface area (Å²) in [6.07, 6.45) is 0. The Morgan fingerprint density at radius 3 is 2.44 bits per heavy atom. The molecule has 7 nitrogen and oxygen atoms in total. The third kappa shape index (κ3) is 3.63. The van der Waals surface area contributed by atoms with Gasteiger partial charge in [-0.25, -0.2) is 13.2 Å². The lowest BCUT2D eigenvalue weighted by molar-refractivity contribution is -0.113.